The van der Waals surface area contributed by atoms with Crippen molar-refractivity contribution in [3.63, 3.8) is 0 Å². The van der Waals surface area contributed by atoms with Gasteiger partial charge in [0.05, 0.1) is 17.4 Å². The normalized spacial score (nSPS) is 16.4. The molecule has 2 aliphatic rings. The molecule has 0 saturated carbocycles. The van der Waals surface area contributed by atoms with Crippen molar-refractivity contribution in [3.8, 4) is 11.5 Å². The number of unbranched alkanes of at least 4 members (excludes halogenated alkanes) is 1. The van der Waals surface area contributed by atoms with E-state index in [1.807, 2.05) is 18.5 Å². The third kappa shape index (κ3) is 4.36. The van der Waals surface area contributed by atoms with Crippen LogP contribution < -0.4 is 20.1 Å². The minimum Gasteiger partial charge on any atom is -0.486 e. The van der Waals surface area contributed by atoms with Crippen LogP contribution in [0.3, 0.4) is 0 Å². The van der Waals surface area contributed by atoms with Crippen molar-refractivity contribution in [2.24, 2.45) is 5.73 Å². The molecule has 0 bridgehead atoms. The number of primary amides is 1. The first-order valence-corrected chi connectivity index (χ1v) is 11.3. The van der Waals surface area contributed by atoms with Crippen LogP contribution in [-0.4, -0.2) is 66.3 Å². The van der Waals surface area contributed by atoms with Crippen LogP contribution in [-0.2, 0) is 6.54 Å². The molecule has 1 aromatic heterocycles. The zero-order valence-corrected chi connectivity index (χ0v) is 18.2. The highest BCUT2D eigenvalue weighted by Gasteiger charge is 2.19. The molecule has 8 heteroatoms. The van der Waals surface area contributed by atoms with E-state index in [4.69, 9.17) is 15.2 Å². The van der Waals surface area contributed by atoms with Gasteiger partial charge in [-0.15, -0.1) is 0 Å². The Bertz CT molecular complexity index is 1100. The fraction of sp³-hybridized carbons (Fsp3) is 0.417. The third-order valence-corrected chi connectivity index (χ3v) is 6.29. The van der Waals surface area contributed by atoms with Gasteiger partial charge in [0.15, 0.2) is 11.5 Å². The SMILES string of the molecule is NC(=O)c1ccc2c(c1)ncn2CCCCN1CCN(c2ccc3c(c2)OCCO3)CC1. The van der Waals surface area contributed by atoms with Gasteiger partial charge in [0.1, 0.15) is 13.2 Å². The number of ether oxygens (including phenoxy) is 2. The maximum Gasteiger partial charge on any atom is 0.248 e. The predicted octanol–water partition coefficient (Wildman–Crippen LogP) is 2.51. The smallest absolute Gasteiger partial charge is 0.248 e. The van der Waals surface area contributed by atoms with Crippen LogP contribution in [0.15, 0.2) is 42.7 Å². The number of carbonyl (C=O) groups excluding carboxylic acids is 1. The Hall–Kier alpha value is -3.26. The maximum absolute atomic E-state index is 11.3. The summed E-state index contributed by atoms with van der Waals surface area (Å²) < 4.78 is 13.5. The van der Waals surface area contributed by atoms with E-state index >= 15 is 0 Å². The number of hydrogen-bond acceptors (Lipinski definition) is 6. The van der Waals surface area contributed by atoms with E-state index in [0.717, 1.165) is 74.6 Å². The van der Waals surface area contributed by atoms with Gasteiger partial charge < -0.3 is 24.7 Å². The molecule has 1 saturated heterocycles. The monoisotopic (exact) mass is 435 g/mol. The van der Waals surface area contributed by atoms with Gasteiger partial charge in [0, 0.05) is 50.0 Å². The number of amides is 1. The molecule has 3 heterocycles. The molecule has 2 N–H and O–H groups in total. The quantitative estimate of drug-likeness (QED) is 0.574. The number of nitrogens with zero attached hydrogens (tertiary/aromatic N) is 4. The molecule has 0 unspecified atom stereocenters. The van der Waals surface area contributed by atoms with E-state index in [0.29, 0.717) is 18.8 Å². The van der Waals surface area contributed by atoms with E-state index in [1.165, 1.54) is 5.69 Å². The van der Waals surface area contributed by atoms with Crippen LogP contribution >= 0.6 is 0 Å². The van der Waals surface area contributed by atoms with Gasteiger partial charge >= 0.3 is 0 Å². The Balaban J connectivity index is 1.08. The van der Waals surface area contributed by atoms with E-state index in [1.54, 1.807) is 12.1 Å². The summed E-state index contributed by atoms with van der Waals surface area (Å²) in [5.41, 5.74) is 8.93. The molecule has 5 rings (SSSR count). The summed E-state index contributed by atoms with van der Waals surface area (Å²) in [6, 6.07) is 11.7. The molecule has 168 valence electrons. The van der Waals surface area contributed by atoms with Gasteiger partial charge in [0.2, 0.25) is 5.91 Å². The number of carbonyl (C=O) groups is 1. The van der Waals surface area contributed by atoms with Crippen LogP contribution in [0.25, 0.3) is 11.0 Å². The van der Waals surface area contributed by atoms with Crippen LogP contribution in [0.1, 0.15) is 23.2 Å². The molecule has 0 spiro atoms. The summed E-state index contributed by atoms with van der Waals surface area (Å²) in [5.74, 6) is 1.28. The number of hydrogen-bond donors (Lipinski definition) is 1. The lowest BCUT2D eigenvalue weighted by atomic mass is 10.2. The summed E-state index contributed by atoms with van der Waals surface area (Å²) >= 11 is 0. The van der Waals surface area contributed by atoms with Gasteiger partial charge in [-0.1, -0.05) is 0 Å². The number of aryl methyl sites for hydroxylation is 1. The second-order valence-corrected chi connectivity index (χ2v) is 8.37. The lowest BCUT2D eigenvalue weighted by Gasteiger charge is -2.36. The van der Waals surface area contributed by atoms with Gasteiger partial charge in [-0.3, -0.25) is 9.69 Å². The second kappa shape index (κ2) is 9.08. The Morgan fingerprint density at radius 3 is 2.53 bits per heavy atom. The lowest BCUT2D eigenvalue weighted by molar-refractivity contribution is 0.100. The van der Waals surface area contributed by atoms with Gasteiger partial charge in [-0.2, -0.15) is 0 Å². The summed E-state index contributed by atoms with van der Waals surface area (Å²) in [5, 5.41) is 0. The lowest BCUT2D eigenvalue weighted by Crippen LogP contribution is -2.46. The van der Waals surface area contributed by atoms with Crippen molar-refractivity contribution in [3.05, 3.63) is 48.3 Å². The largest absolute Gasteiger partial charge is 0.486 e. The van der Waals surface area contributed by atoms with Crippen LogP contribution in [0.2, 0.25) is 0 Å². The second-order valence-electron chi connectivity index (χ2n) is 8.37. The molecule has 32 heavy (non-hydrogen) atoms. The van der Waals surface area contributed by atoms with Crippen molar-refractivity contribution >= 4 is 22.6 Å². The zero-order chi connectivity index (χ0) is 21.9. The molecule has 2 aromatic carbocycles. The van der Waals surface area contributed by atoms with Crippen molar-refractivity contribution < 1.29 is 14.3 Å². The molecule has 1 fully saturated rings. The van der Waals surface area contributed by atoms with Crippen LogP contribution in [0.5, 0.6) is 11.5 Å². The van der Waals surface area contributed by atoms with Crippen molar-refractivity contribution in [2.75, 3.05) is 50.8 Å². The Labute approximate surface area is 187 Å². The molecule has 8 nitrogen and oxygen atoms in total. The average Bonchev–Trinajstić information content (AvgIpc) is 3.24. The first-order chi connectivity index (χ1) is 15.7. The first-order valence-electron chi connectivity index (χ1n) is 11.3. The number of benzene rings is 2. The molecular formula is C24H29N5O3. The average molecular weight is 436 g/mol. The van der Waals surface area contributed by atoms with Crippen molar-refractivity contribution in [1.82, 2.24) is 14.5 Å². The highest BCUT2D eigenvalue weighted by molar-refractivity contribution is 5.96. The number of nitrogens with two attached hydrogens (primary N) is 1. The van der Waals surface area contributed by atoms with Crippen molar-refractivity contribution in [2.45, 2.75) is 19.4 Å². The number of fused-ring (bicyclic) bond motifs is 2. The highest BCUT2D eigenvalue weighted by atomic mass is 16.6. The number of piperazine rings is 1. The topological polar surface area (TPSA) is 85.9 Å². The van der Waals surface area contributed by atoms with E-state index < -0.39 is 5.91 Å². The molecule has 0 radical (unpaired) electrons. The van der Waals surface area contributed by atoms with Gasteiger partial charge in [-0.25, -0.2) is 4.98 Å². The third-order valence-electron chi connectivity index (χ3n) is 6.29. The fourth-order valence-corrected chi connectivity index (χ4v) is 4.47. The molecule has 3 aromatic rings. The first kappa shape index (κ1) is 20.6. The zero-order valence-electron chi connectivity index (χ0n) is 18.2. The number of aromatic nitrogens is 2. The van der Waals surface area contributed by atoms with E-state index in [2.05, 4.69) is 31.5 Å². The highest BCUT2D eigenvalue weighted by Crippen LogP contribution is 2.34. The van der Waals surface area contributed by atoms with E-state index in [-0.39, 0.29) is 0 Å². The Morgan fingerprint density at radius 1 is 0.938 bits per heavy atom. The van der Waals surface area contributed by atoms with Crippen LogP contribution in [0.4, 0.5) is 5.69 Å². The Morgan fingerprint density at radius 2 is 1.72 bits per heavy atom. The van der Waals surface area contributed by atoms with Gasteiger partial charge in [-0.05, 0) is 49.7 Å². The fourth-order valence-electron chi connectivity index (χ4n) is 4.47. The van der Waals surface area contributed by atoms with Crippen LogP contribution in [0, 0.1) is 0 Å². The summed E-state index contributed by atoms with van der Waals surface area (Å²) in [4.78, 5) is 20.7. The summed E-state index contributed by atoms with van der Waals surface area (Å²) in [6.07, 6.45) is 4.08. The molecule has 1 amide bonds. The van der Waals surface area contributed by atoms with Crippen molar-refractivity contribution in [1.29, 1.82) is 0 Å². The minimum atomic E-state index is -0.421. The number of imidazole rings is 1. The van der Waals surface area contributed by atoms with E-state index in [9.17, 15) is 4.79 Å². The summed E-state index contributed by atoms with van der Waals surface area (Å²) in [7, 11) is 0. The molecule has 2 aliphatic heterocycles. The minimum absolute atomic E-state index is 0.421. The Kier molecular flexibility index (Phi) is 5.85. The number of anilines is 1. The maximum atomic E-state index is 11.3. The number of rotatable bonds is 7. The molecule has 0 aliphatic carbocycles. The standard InChI is InChI=1S/C24H29N5O3/c25-24(30)18-3-5-21-20(15-18)26-17-29(21)8-2-1-7-27-9-11-28(12-10-27)19-4-6-22-23(16-19)32-14-13-31-22/h3-6,15-17H,1-2,7-14H2,(H2,25,30). The molecule has 0 atom stereocenters. The predicted molar refractivity (Wildman–Crippen MR) is 124 cm³/mol. The van der Waals surface area contributed by atoms with Gasteiger partial charge in [0.25, 0.3) is 0 Å². The summed E-state index contributed by atoms with van der Waals surface area (Å²) in [6.45, 7) is 7.45. The molecular weight excluding hydrogens is 406 g/mol.